The van der Waals surface area contributed by atoms with Gasteiger partial charge in [0.25, 0.3) is 5.91 Å². The number of nitrogens with zero attached hydrogens (tertiary/aromatic N) is 1. The zero-order valence-corrected chi connectivity index (χ0v) is 11.6. The average Bonchev–Trinajstić information content (AvgIpc) is 2.25. The number of carbonyl (C=O) groups is 1. The van der Waals surface area contributed by atoms with E-state index in [1.165, 1.54) is 0 Å². The molecule has 0 saturated carbocycles. The number of nitrogens with one attached hydrogen (secondary N) is 1. The third-order valence-electron chi connectivity index (χ3n) is 2.46. The van der Waals surface area contributed by atoms with Gasteiger partial charge in [-0.2, -0.15) is 0 Å². The Morgan fingerprint density at radius 1 is 1.29 bits per heavy atom. The second-order valence-electron chi connectivity index (χ2n) is 4.03. The first-order chi connectivity index (χ1) is 7.93. The highest BCUT2D eigenvalue weighted by Crippen LogP contribution is 2.12. The van der Waals surface area contributed by atoms with Crippen molar-refractivity contribution in [3.05, 3.63) is 35.4 Å². The number of aryl methyl sites for hydroxylation is 1. The largest absolute Gasteiger partial charge is 0.334 e. The van der Waals surface area contributed by atoms with E-state index in [9.17, 15) is 4.79 Å². The van der Waals surface area contributed by atoms with Gasteiger partial charge in [0.2, 0.25) is 0 Å². The predicted octanol–water partition coefficient (Wildman–Crippen LogP) is 2.42. The summed E-state index contributed by atoms with van der Waals surface area (Å²) in [5.74, 6) is -0.173. The molecular formula is C12H16Cl2N2O. The van der Waals surface area contributed by atoms with E-state index >= 15 is 0 Å². The molecule has 1 rings (SSSR count). The molecular weight excluding hydrogens is 259 g/mol. The van der Waals surface area contributed by atoms with Gasteiger partial charge in [0, 0.05) is 5.56 Å². The van der Waals surface area contributed by atoms with Crippen molar-refractivity contribution in [2.24, 2.45) is 0 Å². The van der Waals surface area contributed by atoms with Crippen LogP contribution in [0.4, 0.5) is 0 Å². The van der Waals surface area contributed by atoms with Crippen molar-refractivity contribution in [3.63, 3.8) is 0 Å². The smallest absolute Gasteiger partial charge is 0.252 e. The van der Waals surface area contributed by atoms with Crippen molar-refractivity contribution in [1.29, 1.82) is 0 Å². The Balaban J connectivity index is 2.82. The number of alkyl halides is 2. The summed E-state index contributed by atoms with van der Waals surface area (Å²) in [6, 6.07) is 7.38. The van der Waals surface area contributed by atoms with E-state index in [4.69, 9.17) is 23.2 Å². The maximum atomic E-state index is 12.0. The van der Waals surface area contributed by atoms with Crippen molar-refractivity contribution < 1.29 is 4.79 Å². The van der Waals surface area contributed by atoms with Gasteiger partial charge in [-0.1, -0.05) is 18.2 Å². The van der Waals surface area contributed by atoms with Gasteiger partial charge in [-0.3, -0.25) is 9.69 Å². The fourth-order valence-electron chi connectivity index (χ4n) is 1.46. The summed E-state index contributed by atoms with van der Waals surface area (Å²) in [5, 5.41) is 2.80. The molecule has 0 fully saturated rings. The van der Waals surface area contributed by atoms with Crippen LogP contribution < -0.4 is 5.32 Å². The highest BCUT2D eigenvalue weighted by Gasteiger charge is 2.22. The lowest BCUT2D eigenvalue weighted by molar-refractivity contribution is 0.0896. The van der Waals surface area contributed by atoms with E-state index < -0.39 is 11.0 Å². The highest BCUT2D eigenvalue weighted by atomic mass is 35.5. The Morgan fingerprint density at radius 2 is 1.88 bits per heavy atom. The zero-order chi connectivity index (χ0) is 13.0. The molecule has 1 amide bonds. The minimum absolute atomic E-state index is 0.173. The van der Waals surface area contributed by atoms with E-state index in [1.807, 2.05) is 25.1 Å². The van der Waals surface area contributed by atoms with Gasteiger partial charge < -0.3 is 5.32 Å². The van der Waals surface area contributed by atoms with E-state index in [-0.39, 0.29) is 5.91 Å². The molecule has 0 radical (unpaired) electrons. The minimum Gasteiger partial charge on any atom is -0.334 e. The van der Waals surface area contributed by atoms with Crippen molar-refractivity contribution in [3.8, 4) is 0 Å². The van der Waals surface area contributed by atoms with Crippen LogP contribution in [0.15, 0.2) is 24.3 Å². The van der Waals surface area contributed by atoms with Crippen LogP contribution in [-0.2, 0) is 0 Å². The summed E-state index contributed by atoms with van der Waals surface area (Å²) < 4.78 is 0. The number of hydrogen-bond acceptors (Lipinski definition) is 2. The monoisotopic (exact) mass is 274 g/mol. The van der Waals surface area contributed by atoms with Crippen LogP contribution in [0.2, 0.25) is 0 Å². The third-order valence-corrected chi connectivity index (χ3v) is 2.94. The van der Waals surface area contributed by atoms with Gasteiger partial charge in [0.1, 0.15) is 11.0 Å². The van der Waals surface area contributed by atoms with Gasteiger partial charge in [0.05, 0.1) is 0 Å². The minimum atomic E-state index is -0.682. The molecule has 1 atom stereocenters. The Morgan fingerprint density at radius 3 is 2.35 bits per heavy atom. The second kappa shape index (κ2) is 6.24. The molecule has 3 nitrogen and oxygen atoms in total. The summed E-state index contributed by atoms with van der Waals surface area (Å²) >= 11 is 11.6. The highest BCUT2D eigenvalue weighted by molar-refractivity contribution is 6.44. The van der Waals surface area contributed by atoms with Crippen molar-refractivity contribution in [2.75, 3.05) is 14.1 Å². The van der Waals surface area contributed by atoms with Crippen LogP contribution >= 0.6 is 23.2 Å². The fraction of sp³-hybridized carbons (Fsp3) is 0.417. The summed E-state index contributed by atoms with van der Waals surface area (Å²) in [5.41, 5.74) is 1.55. The quantitative estimate of drug-likeness (QED) is 0.676. The molecule has 0 aromatic heterocycles. The lowest BCUT2D eigenvalue weighted by Gasteiger charge is -2.26. The Labute approximate surface area is 112 Å². The van der Waals surface area contributed by atoms with E-state index in [2.05, 4.69) is 5.32 Å². The molecule has 0 saturated heterocycles. The summed E-state index contributed by atoms with van der Waals surface area (Å²) in [7, 11) is 3.61. The molecule has 1 aromatic carbocycles. The van der Waals surface area contributed by atoms with Crippen LogP contribution in [0.3, 0.4) is 0 Å². The molecule has 0 aliphatic carbocycles. The molecule has 1 unspecified atom stereocenters. The molecule has 17 heavy (non-hydrogen) atoms. The van der Waals surface area contributed by atoms with E-state index in [1.54, 1.807) is 25.1 Å². The molecule has 5 heteroatoms. The van der Waals surface area contributed by atoms with Crippen LogP contribution in [0.1, 0.15) is 15.9 Å². The van der Waals surface area contributed by atoms with E-state index in [0.29, 0.717) is 5.56 Å². The number of benzene rings is 1. The van der Waals surface area contributed by atoms with Gasteiger partial charge in [-0.15, -0.1) is 23.2 Å². The predicted molar refractivity (Wildman–Crippen MR) is 71.6 cm³/mol. The van der Waals surface area contributed by atoms with Gasteiger partial charge >= 0.3 is 0 Å². The number of amides is 1. The number of hydrogen-bond donors (Lipinski definition) is 1. The Bertz CT molecular complexity index is 386. The standard InChI is InChI=1S/C12H16Cl2N2O/c1-8-6-4-5-7-9(8)12(17)15-11(10(13)14)16(2)3/h4-7,10-11H,1-3H3,(H,15,17). The first kappa shape index (κ1) is 14.3. The van der Waals surface area contributed by atoms with Gasteiger partial charge in [-0.25, -0.2) is 0 Å². The third kappa shape index (κ3) is 3.87. The van der Waals surface area contributed by atoms with Gasteiger partial charge in [0.15, 0.2) is 0 Å². The lowest BCUT2D eigenvalue weighted by Crippen LogP contribution is -2.48. The first-order valence-corrected chi connectivity index (χ1v) is 6.12. The van der Waals surface area contributed by atoms with Crippen molar-refractivity contribution in [1.82, 2.24) is 10.2 Å². The first-order valence-electron chi connectivity index (χ1n) is 5.24. The Hall–Kier alpha value is -0.770. The molecule has 0 bridgehead atoms. The summed E-state index contributed by atoms with van der Waals surface area (Å²) in [6.07, 6.45) is -0.412. The molecule has 0 heterocycles. The maximum absolute atomic E-state index is 12.0. The average molecular weight is 275 g/mol. The topological polar surface area (TPSA) is 32.3 Å². The second-order valence-corrected chi connectivity index (χ2v) is 5.20. The summed E-state index contributed by atoms with van der Waals surface area (Å²) in [6.45, 7) is 1.89. The van der Waals surface area contributed by atoms with Crippen LogP contribution in [0, 0.1) is 6.92 Å². The Kier molecular flexibility index (Phi) is 5.25. The SMILES string of the molecule is Cc1ccccc1C(=O)NC(C(Cl)Cl)N(C)C. The zero-order valence-electron chi connectivity index (χ0n) is 10.1. The van der Waals surface area contributed by atoms with E-state index in [0.717, 1.165) is 5.56 Å². The molecule has 0 spiro atoms. The number of rotatable bonds is 4. The van der Waals surface area contributed by atoms with Crippen LogP contribution in [0.5, 0.6) is 0 Å². The van der Waals surface area contributed by atoms with Crippen LogP contribution in [0.25, 0.3) is 0 Å². The van der Waals surface area contributed by atoms with Crippen LogP contribution in [-0.4, -0.2) is 35.9 Å². The summed E-state index contributed by atoms with van der Waals surface area (Å²) in [4.78, 5) is 13.1. The fourth-order valence-corrected chi connectivity index (χ4v) is 2.03. The number of halogens is 2. The number of carbonyl (C=O) groups excluding carboxylic acids is 1. The van der Waals surface area contributed by atoms with Crippen molar-refractivity contribution in [2.45, 2.75) is 17.9 Å². The maximum Gasteiger partial charge on any atom is 0.252 e. The molecule has 94 valence electrons. The molecule has 1 aromatic rings. The molecule has 0 aliphatic heterocycles. The molecule has 0 aliphatic rings. The van der Waals surface area contributed by atoms with Gasteiger partial charge in [-0.05, 0) is 32.6 Å². The van der Waals surface area contributed by atoms with Crippen molar-refractivity contribution >= 4 is 29.1 Å². The normalized spacial score (nSPS) is 12.9. The lowest BCUT2D eigenvalue weighted by atomic mass is 10.1. The molecule has 1 N–H and O–H groups in total.